The van der Waals surface area contributed by atoms with E-state index >= 15 is 0 Å². The lowest BCUT2D eigenvalue weighted by Crippen LogP contribution is -2.28. The molecule has 2 N–H and O–H groups in total. The largest absolute Gasteiger partial charge is 0.495 e. The van der Waals surface area contributed by atoms with Gasteiger partial charge in [0.05, 0.1) is 29.9 Å². The first-order valence-corrected chi connectivity index (χ1v) is 8.10. The van der Waals surface area contributed by atoms with Gasteiger partial charge in [0.1, 0.15) is 11.8 Å². The number of rotatable bonds is 6. The van der Waals surface area contributed by atoms with Crippen LogP contribution in [-0.2, 0) is 13.0 Å². The minimum Gasteiger partial charge on any atom is -0.495 e. The number of ether oxygens (including phenoxy) is 1. The van der Waals surface area contributed by atoms with Gasteiger partial charge in [-0.05, 0) is 31.0 Å². The molecule has 2 rings (SSSR count). The Labute approximate surface area is 139 Å². The molecular weight excluding hydrogens is 312 g/mol. The highest BCUT2D eigenvalue weighted by atomic mass is 32.1. The lowest BCUT2D eigenvalue weighted by Gasteiger charge is -2.08. The van der Waals surface area contributed by atoms with E-state index in [2.05, 4.69) is 22.5 Å². The number of urea groups is 1. The van der Waals surface area contributed by atoms with E-state index in [-0.39, 0.29) is 6.03 Å². The molecule has 0 atom stereocenters. The molecule has 1 aromatic carbocycles. The van der Waals surface area contributed by atoms with Crippen LogP contribution < -0.4 is 15.4 Å². The summed E-state index contributed by atoms with van der Waals surface area (Å²) in [5.74, 6) is 0.476. The van der Waals surface area contributed by atoms with E-state index < -0.39 is 0 Å². The molecule has 120 valence electrons. The number of hydrogen-bond donors (Lipinski definition) is 2. The van der Waals surface area contributed by atoms with E-state index in [4.69, 9.17) is 10.00 Å². The van der Waals surface area contributed by atoms with E-state index in [0.29, 0.717) is 23.5 Å². The third kappa shape index (κ3) is 4.69. The number of benzene rings is 1. The average Bonchev–Trinajstić information content (AvgIpc) is 3.01. The van der Waals surface area contributed by atoms with Crippen LogP contribution in [0.3, 0.4) is 0 Å². The van der Waals surface area contributed by atoms with E-state index in [1.165, 1.54) is 7.11 Å². The third-order valence-electron chi connectivity index (χ3n) is 3.07. The number of aromatic nitrogens is 1. The number of carbonyl (C=O) groups excluding carboxylic acids is 1. The molecule has 6 nitrogen and oxygen atoms in total. The number of nitriles is 1. The molecule has 0 saturated carbocycles. The molecule has 0 aliphatic rings. The fraction of sp³-hybridized carbons (Fsp3) is 0.312. The van der Waals surface area contributed by atoms with Crippen LogP contribution in [0, 0.1) is 11.3 Å². The van der Waals surface area contributed by atoms with Crippen LogP contribution in [0.5, 0.6) is 5.75 Å². The standard InChI is InChI=1S/C16H18N4O2S/c1-3-4-15-19-13(10-23-15)9-18-16(21)20-12-5-6-14(22-2)11(7-12)8-17/h5-7,10H,3-4,9H2,1-2H3,(H2,18,20,21). The summed E-state index contributed by atoms with van der Waals surface area (Å²) in [5, 5.41) is 17.5. The molecular formula is C16H18N4O2S. The maximum absolute atomic E-state index is 11.9. The van der Waals surface area contributed by atoms with Crippen molar-refractivity contribution in [3.63, 3.8) is 0 Å². The Morgan fingerprint density at radius 2 is 2.30 bits per heavy atom. The summed E-state index contributed by atoms with van der Waals surface area (Å²) in [6.45, 7) is 2.48. The van der Waals surface area contributed by atoms with Gasteiger partial charge in [0.25, 0.3) is 0 Å². The van der Waals surface area contributed by atoms with E-state index in [1.807, 2.05) is 11.4 Å². The molecule has 0 aliphatic heterocycles. The first-order chi connectivity index (χ1) is 11.2. The summed E-state index contributed by atoms with van der Waals surface area (Å²) in [6.07, 6.45) is 2.01. The zero-order valence-corrected chi connectivity index (χ0v) is 13.9. The highest BCUT2D eigenvalue weighted by Gasteiger charge is 2.07. The second kappa shape index (κ2) is 8.15. The van der Waals surface area contributed by atoms with Gasteiger partial charge >= 0.3 is 6.03 Å². The number of carbonyl (C=O) groups is 1. The molecule has 0 bridgehead atoms. The number of methoxy groups -OCH3 is 1. The van der Waals surface area contributed by atoms with Gasteiger partial charge in [-0.3, -0.25) is 0 Å². The van der Waals surface area contributed by atoms with Crippen LogP contribution in [-0.4, -0.2) is 18.1 Å². The van der Waals surface area contributed by atoms with Crippen molar-refractivity contribution in [1.82, 2.24) is 10.3 Å². The molecule has 0 radical (unpaired) electrons. The van der Waals surface area contributed by atoms with Gasteiger partial charge in [0.15, 0.2) is 0 Å². The molecule has 0 fully saturated rings. The number of anilines is 1. The van der Waals surface area contributed by atoms with Gasteiger partial charge in [0.2, 0.25) is 0 Å². The van der Waals surface area contributed by atoms with E-state index in [0.717, 1.165) is 23.5 Å². The maximum Gasteiger partial charge on any atom is 0.319 e. The normalized spacial score (nSPS) is 9.96. The van der Waals surface area contributed by atoms with Crippen LogP contribution >= 0.6 is 11.3 Å². The molecule has 1 aromatic heterocycles. The van der Waals surface area contributed by atoms with Crippen LogP contribution in [0.25, 0.3) is 0 Å². The van der Waals surface area contributed by atoms with Crippen molar-refractivity contribution in [1.29, 1.82) is 5.26 Å². The molecule has 0 aliphatic carbocycles. The molecule has 2 aromatic rings. The fourth-order valence-electron chi connectivity index (χ4n) is 1.98. The minimum absolute atomic E-state index is 0.343. The first kappa shape index (κ1) is 16.8. The lowest BCUT2D eigenvalue weighted by molar-refractivity contribution is 0.251. The number of nitrogens with one attached hydrogen (secondary N) is 2. The Balaban J connectivity index is 1.90. The second-order valence-electron chi connectivity index (χ2n) is 4.82. The summed E-state index contributed by atoms with van der Waals surface area (Å²) in [4.78, 5) is 16.4. The zero-order chi connectivity index (χ0) is 16.7. The maximum atomic E-state index is 11.9. The SMILES string of the molecule is CCCc1nc(CNC(=O)Nc2ccc(OC)c(C#N)c2)cs1. The molecule has 7 heteroatoms. The van der Waals surface area contributed by atoms with Crippen molar-refractivity contribution >= 4 is 23.1 Å². The number of thiazole rings is 1. The Hall–Kier alpha value is -2.59. The lowest BCUT2D eigenvalue weighted by atomic mass is 10.2. The summed E-state index contributed by atoms with van der Waals surface area (Å²) in [7, 11) is 1.50. The monoisotopic (exact) mass is 330 g/mol. The number of aryl methyl sites for hydroxylation is 1. The van der Waals surface area contributed by atoms with E-state index in [9.17, 15) is 4.79 Å². The Morgan fingerprint density at radius 1 is 1.48 bits per heavy atom. The van der Waals surface area contributed by atoms with Gasteiger partial charge in [-0.2, -0.15) is 5.26 Å². The highest BCUT2D eigenvalue weighted by molar-refractivity contribution is 7.09. The van der Waals surface area contributed by atoms with Crippen molar-refractivity contribution in [2.45, 2.75) is 26.3 Å². The van der Waals surface area contributed by atoms with Crippen LogP contribution in [0.15, 0.2) is 23.6 Å². The Morgan fingerprint density at radius 3 is 3.00 bits per heavy atom. The van der Waals surface area contributed by atoms with Crippen molar-refractivity contribution in [2.75, 3.05) is 12.4 Å². The van der Waals surface area contributed by atoms with Crippen molar-refractivity contribution < 1.29 is 9.53 Å². The predicted molar refractivity (Wildman–Crippen MR) is 89.7 cm³/mol. The summed E-state index contributed by atoms with van der Waals surface area (Å²) in [5.41, 5.74) is 1.75. The topological polar surface area (TPSA) is 87.0 Å². The van der Waals surface area contributed by atoms with Crippen molar-refractivity contribution in [2.24, 2.45) is 0 Å². The number of hydrogen-bond acceptors (Lipinski definition) is 5. The van der Waals surface area contributed by atoms with Crippen LogP contribution in [0.4, 0.5) is 10.5 Å². The van der Waals surface area contributed by atoms with Gasteiger partial charge in [0, 0.05) is 11.1 Å². The quantitative estimate of drug-likeness (QED) is 0.851. The Kier molecular flexibility index (Phi) is 5.94. The summed E-state index contributed by atoms with van der Waals surface area (Å²) >= 11 is 1.61. The average molecular weight is 330 g/mol. The first-order valence-electron chi connectivity index (χ1n) is 7.22. The molecule has 2 amide bonds. The minimum atomic E-state index is -0.343. The third-order valence-corrected chi connectivity index (χ3v) is 4.03. The molecule has 0 spiro atoms. The van der Waals surface area contributed by atoms with Gasteiger partial charge in [-0.25, -0.2) is 9.78 Å². The van der Waals surface area contributed by atoms with Crippen LogP contribution in [0.2, 0.25) is 0 Å². The number of nitrogens with zero attached hydrogens (tertiary/aromatic N) is 2. The summed E-state index contributed by atoms with van der Waals surface area (Å²) in [6, 6.07) is 6.58. The second-order valence-corrected chi connectivity index (χ2v) is 5.76. The van der Waals surface area contributed by atoms with Gasteiger partial charge in [-0.1, -0.05) is 6.92 Å². The van der Waals surface area contributed by atoms with Crippen molar-refractivity contribution in [3.8, 4) is 11.8 Å². The molecule has 1 heterocycles. The predicted octanol–water partition coefficient (Wildman–Crippen LogP) is 3.30. The molecule has 0 unspecified atom stereocenters. The Bertz CT molecular complexity index is 721. The molecule has 23 heavy (non-hydrogen) atoms. The zero-order valence-electron chi connectivity index (χ0n) is 13.0. The molecule has 0 saturated heterocycles. The van der Waals surface area contributed by atoms with Crippen molar-refractivity contribution in [3.05, 3.63) is 39.8 Å². The summed E-state index contributed by atoms with van der Waals surface area (Å²) < 4.78 is 5.07. The van der Waals surface area contributed by atoms with Gasteiger partial charge in [-0.15, -0.1) is 11.3 Å². The smallest absolute Gasteiger partial charge is 0.319 e. The fourth-order valence-corrected chi connectivity index (χ4v) is 2.88. The van der Waals surface area contributed by atoms with Gasteiger partial charge < -0.3 is 15.4 Å². The number of amides is 2. The highest BCUT2D eigenvalue weighted by Crippen LogP contribution is 2.21. The van der Waals surface area contributed by atoms with E-state index in [1.54, 1.807) is 29.5 Å². The van der Waals surface area contributed by atoms with Crippen LogP contribution in [0.1, 0.15) is 29.6 Å².